The lowest BCUT2D eigenvalue weighted by Crippen LogP contribution is -2.40. The molecule has 0 saturated heterocycles. The zero-order valence-electron chi connectivity index (χ0n) is 12.5. The first-order valence-corrected chi connectivity index (χ1v) is 8.84. The van der Waals surface area contributed by atoms with Crippen LogP contribution in [0, 0.1) is 6.92 Å². The van der Waals surface area contributed by atoms with Gasteiger partial charge >= 0.3 is 0 Å². The molecule has 20 heavy (non-hydrogen) atoms. The lowest BCUT2D eigenvalue weighted by molar-refractivity contribution is 0.571. The van der Waals surface area contributed by atoms with Crippen molar-refractivity contribution < 1.29 is 8.42 Å². The fourth-order valence-electron chi connectivity index (χ4n) is 2.57. The van der Waals surface area contributed by atoms with Gasteiger partial charge in [0.2, 0.25) is 10.0 Å². The predicted molar refractivity (Wildman–Crippen MR) is 83.8 cm³/mol. The van der Waals surface area contributed by atoms with Crippen molar-refractivity contribution in [2.24, 2.45) is 0 Å². The monoisotopic (exact) mass is 296 g/mol. The van der Waals surface area contributed by atoms with Crippen LogP contribution in [0.2, 0.25) is 0 Å². The second kappa shape index (κ2) is 6.14. The molecule has 1 aliphatic rings. The molecule has 0 radical (unpaired) electrons. The summed E-state index contributed by atoms with van der Waals surface area (Å²) < 4.78 is 26.6. The molecule has 1 N–H and O–H groups in total. The maximum absolute atomic E-state index is 12.5. The maximum Gasteiger partial charge on any atom is 0.236 e. The van der Waals surface area contributed by atoms with Crippen LogP contribution in [0.25, 0.3) is 0 Å². The fourth-order valence-corrected chi connectivity index (χ4v) is 4.05. The molecule has 0 atom stereocenters. The minimum atomic E-state index is -3.23. The van der Waals surface area contributed by atoms with Gasteiger partial charge in [0, 0.05) is 19.1 Å². The maximum atomic E-state index is 12.5. The van der Waals surface area contributed by atoms with Gasteiger partial charge in [0.25, 0.3) is 0 Å². The summed E-state index contributed by atoms with van der Waals surface area (Å²) in [7, 11) is -3.23. The van der Waals surface area contributed by atoms with Crippen molar-refractivity contribution in [1.82, 2.24) is 5.32 Å². The van der Waals surface area contributed by atoms with Gasteiger partial charge in [-0.1, -0.05) is 31.5 Å². The van der Waals surface area contributed by atoms with Gasteiger partial charge in [-0.25, -0.2) is 8.42 Å². The van der Waals surface area contributed by atoms with Gasteiger partial charge in [0.15, 0.2) is 0 Å². The van der Waals surface area contributed by atoms with E-state index in [4.69, 9.17) is 0 Å². The Bertz CT molecular complexity index is 567. The van der Waals surface area contributed by atoms with Crippen LogP contribution in [0.15, 0.2) is 18.2 Å². The van der Waals surface area contributed by atoms with Gasteiger partial charge in [0.05, 0.1) is 11.4 Å². The molecule has 0 fully saturated rings. The van der Waals surface area contributed by atoms with Gasteiger partial charge < -0.3 is 5.32 Å². The largest absolute Gasteiger partial charge is 0.313 e. The van der Waals surface area contributed by atoms with E-state index in [9.17, 15) is 8.42 Å². The van der Waals surface area contributed by atoms with E-state index in [1.165, 1.54) is 5.56 Å². The van der Waals surface area contributed by atoms with Gasteiger partial charge in [-0.3, -0.25) is 4.31 Å². The molecule has 1 aliphatic heterocycles. The van der Waals surface area contributed by atoms with E-state index in [1.54, 1.807) is 4.31 Å². The Morgan fingerprint density at radius 1 is 1.35 bits per heavy atom. The normalized spacial score (nSPS) is 15.5. The molecular weight excluding hydrogens is 272 g/mol. The van der Waals surface area contributed by atoms with Crippen molar-refractivity contribution in [1.29, 1.82) is 0 Å². The minimum Gasteiger partial charge on any atom is -0.313 e. The lowest BCUT2D eigenvalue weighted by atomic mass is 10.0. The molecule has 112 valence electrons. The number of aryl methyl sites for hydroxylation is 2. The first-order chi connectivity index (χ1) is 9.40. The van der Waals surface area contributed by atoms with Crippen molar-refractivity contribution in [3.05, 3.63) is 29.3 Å². The van der Waals surface area contributed by atoms with Gasteiger partial charge in [-0.2, -0.15) is 0 Å². The summed E-state index contributed by atoms with van der Waals surface area (Å²) in [5, 5.41) is 3.17. The molecule has 2 rings (SSSR count). The van der Waals surface area contributed by atoms with Crippen LogP contribution in [-0.4, -0.2) is 33.3 Å². The molecule has 0 bridgehead atoms. The number of anilines is 1. The predicted octanol–water partition coefficient (Wildman–Crippen LogP) is 2.08. The summed E-state index contributed by atoms with van der Waals surface area (Å²) in [6.07, 6.45) is 1.86. The average Bonchev–Trinajstić information content (AvgIpc) is 2.36. The first-order valence-electron chi connectivity index (χ1n) is 7.23. The summed E-state index contributed by atoms with van der Waals surface area (Å²) in [4.78, 5) is 0. The van der Waals surface area contributed by atoms with Crippen LogP contribution in [0.4, 0.5) is 5.69 Å². The molecule has 1 aromatic rings. The van der Waals surface area contributed by atoms with Crippen molar-refractivity contribution in [2.75, 3.05) is 23.1 Å². The Hall–Kier alpha value is -1.07. The number of hydrogen-bond acceptors (Lipinski definition) is 3. The Morgan fingerprint density at radius 2 is 2.10 bits per heavy atom. The first kappa shape index (κ1) is 15.3. The number of fused-ring (bicyclic) bond motifs is 1. The number of benzene rings is 1. The van der Waals surface area contributed by atoms with Crippen molar-refractivity contribution in [3.8, 4) is 0 Å². The fraction of sp³-hybridized carbons (Fsp3) is 0.600. The number of nitrogens with zero attached hydrogens (tertiary/aromatic N) is 1. The third kappa shape index (κ3) is 3.52. The highest BCUT2D eigenvalue weighted by atomic mass is 32.2. The van der Waals surface area contributed by atoms with E-state index in [-0.39, 0.29) is 5.75 Å². The summed E-state index contributed by atoms with van der Waals surface area (Å²) in [5.74, 6) is 0.151. The van der Waals surface area contributed by atoms with Crippen LogP contribution >= 0.6 is 0 Å². The summed E-state index contributed by atoms with van der Waals surface area (Å²) in [6.45, 7) is 7.18. The molecule has 5 heteroatoms. The highest BCUT2D eigenvalue weighted by Gasteiger charge is 2.26. The summed E-state index contributed by atoms with van der Waals surface area (Å²) in [6, 6.07) is 6.33. The van der Waals surface area contributed by atoms with Crippen LogP contribution < -0.4 is 9.62 Å². The minimum absolute atomic E-state index is 0.151. The van der Waals surface area contributed by atoms with Crippen molar-refractivity contribution in [2.45, 2.75) is 39.7 Å². The number of hydrogen-bond donors (Lipinski definition) is 1. The zero-order chi connectivity index (χ0) is 14.8. The molecule has 1 heterocycles. The average molecular weight is 296 g/mol. The Kier molecular flexibility index (Phi) is 4.70. The van der Waals surface area contributed by atoms with Crippen LogP contribution in [0.5, 0.6) is 0 Å². The molecule has 0 saturated carbocycles. The Balaban J connectivity index is 2.17. The molecule has 0 aromatic heterocycles. The van der Waals surface area contributed by atoms with E-state index in [0.717, 1.165) is 24.1 Å². The number of rotatable bonds is 5. The quantitative estimate of drug-likeness (QED) is 0.905. The molecule has 0 spiro atoms. The molecule has 0 amide bonds. The zero-order valence-corrected chi connectivity index (χ0v) is 13.3. The third-order valence-electron chi connectivity index (χ3n) is 3.56. The van der Waals surface area contributed by atoms with Gasteiger partial charge in [-0.05, 0) is 31.4 Å². The Morgan fingerprint density at radius 3 is 2.80 bits per heavy atom. The molecule has 1 aromatic carbocycles. The topological polar surface area (TPSA) is 49.4 Å². The third-order valence-corrected chi connectivity index (χ3v) is 5.33. The van der Waals surface area contributed by atoms with Crippen molar-refractivity contribution >= 4 is 15.7 Å². The van der Waals surface area contributed by atoms with E-state index < -0.39 is 10.0 Å². The highest BCUT2D eigenvalue weighted by Crippen LogP contribution is 2.30. The van der Waals surface area contributed by atoms with Crippen LogP contribution in [0.3, 0.4) is 0 Å². The lowest BCUT2D eigenvalue weighted by Gasteiger charge is -2.31. The number of nitrogens with one attached hydrogen (secondary N) is 1. The van der Waals surface area contributed by atoms with Crippen LogP contribution in [-0.2, 0) is 16.4 Å². The summed E-state index contributed by atoms with van der Waals surface area (Å²) in [5.41, 5.74) is 3.20. The summed E-state index contributed by atoms with van der Waals surface area (Å²) >= 11 is 0. The molecule has 0 unspecified atom stereocenters. The standard InChI is InChI=1S/C15H24N2O2S/c1-12(2)16-8-10-20(18,19)17-9-4-5-14-11-13(3)6-7-15(14)17/h6-7,11-12,16H,4-5,8-10H2,1-3H3. The SMILES string of the molecule is Cc1ccc2c(c1)CCCN2S(=O)(=O)CCNC(C)C. The number of sulfonamides is 1. The molecule has 4 nitrogen and oxygen atoms in total. The van der Waals surface area contributed by atoms with Crippen molar-refractivity contribution in [3.63, 3.8) is 0 Å². The van der Waals surface area contributed by atoms with Gasteiger partial charge in [-0.15, -0.1) is 0 Å². The molecular formula is C15H24N2O2S. The molecule has 0 aliphatic carbocycles. The van der Waals surface area contributed by atoms with E-state index in [2.05, 4.69) is 11.4 Å². The van der Waals surface area contributed by atoms with E-state index >= 15 is 0 Å². The Labute approximate surface area is 122 Å². The van der Waals surface area contributed by atoms with Gasteiger partial charge in [0.1, 0.15) is 0 Å². The smallest absolute Gasteiger partial charge is 0.236 e. The highest BCUT2D eigenvalue weighted by molar-refractivity contribution is 7.92. The second-order valence-electron chi connectivity index (χ2n) is 5.73. The van der Waals surface area contributed by atoms with E-state index in [0.29, 0.717) is 19.1 Å². The van der Waals surface area contributed by atoms with Crippen LogP contribution in [0.1, 0.15) is 31.4 Å². The second-order valence-corrected chi connectivity index (χ2v) is 7.75. The van der Waals surface area contributed by atoms with E-state index in [1.807, 2.05) is 32.9 Å².